The molecule has 1 aliphatic carbocycles. The average molecular weight is 400 g/mol. The van der Waals surface area contributed by atoms with Gasteiger partial charge in [0.05, 0.1) is 4.88 Å². The first-order valence-corrected chi connectivity index (χ1v) is 11.1. The third-order valence-corrected chi connectivity index (χ3v) is 7.03. The van der Waals surface area contributed by atoms with Crippen LogP contribution in [0.2, 0.25) is 0 Å². The third kappa shape index (κ3) is 4.49. The first-order valence-electron chi connectivity index (χ1n) is 10.3. The molecule has 0 bridgehead atoms. The van der Waals surface area contributed by atoms with Crippen LogP contribution in [0.25, 0.3) is 0 Å². The minimum absolute atomic E-state index is 0.299. The van der Waals surface area contributed by atoms with Crippen molar-refractivity contribution in [3.63, 3.8) is 0 Å². The Hall–Kier alpha value is -1.65. The van der Waals surface area contributed by atoms with Gasteiger partial charge >= 0.3 is 0 Å². The molecular weight excluding hydrogens is 366 g/mol. The fourth-order valence-corrected chi connectivity index (χ4v) is 5.51. The van der Waals surface area contributed by atoms with E-state index in [1.54, 1.807) is 11.3 Å². The van der Waals surface area contributed by atoms with Gasteiger partial charge in [-0.2, -0.15) is 0 Å². The lowest BCUT2D eigenvalue weighted by Crippen LogP contribution is -2.22. The van der Waals surface area contributed by atoms with Crippen LogP contribution in [0.1, 0.15) is 69.1 Å². The first kappa shape index (κ1) is 21.1. The van der Waals surface area contributed by atoms with Gasteiger partial charge in [0, 0.05) is 17.8 Å². The van der Waals surface area contributed by atoms with Gasteiger partial charge in [-0.25, -0.2) is 0 Å². The number of aryl methyl sites for hydroxylation is 4. The number of Topliss-reactive ketones (excluding diaryl/α,β-unsaturated/α-hetero) is 1. The maximum absolute atomic E-state index is 13.0. The van der Waals surface area contributed by atoms with Gasteiger partial charge in [0.1, 0.15) is 12.4 Å². The van der Waals surface area contributed by atoms with Crippen LogP contribution in [0, 0.1) is 26.2 Å². The molecule has 3 rings (SSSR count). The lowest BCUT2D eigenvalue weighted by molar-refractivity contribution is 0.0985. The van der Waals surface area contributed by atoms with E-state index >= 15 is 0 Å². The summed E-state index contributed by atoms with van der Waals surface area (Å²) in [7, 11) is 0. The van der Waals surface area contributed by atoms with Gasteiger partial charge in [-0.05, 0) is 79.7 Å². The van der Waals surface area contributed by atoms with Crippen LogP contribution in [-0.4, -0.2) is 18.9 Å². The molecule has 28 heavy (non-hydrogen) atoms. The highest BCUT2D eigenvalue weighted by Gasteiger charge is 2.31. The van der Waals surface area contributed by atoms with Crippen LogP contribution in [0.3, 0.4) is 0 Å². The van der Waals surface area contributed by atoms with E-state index in [0.717, 1.165) is 41.0 Å². The zero-order valence-electron chi connectivity index (χ0n) is 17.9. The van der Waals surface area contributed by atoms with Crippen molar-refractivity contribution < 1.29 is 9.53 Å². The summed E-state index contributed by atoms with van der Waals surface area (Å²) in [6.45, 7) is 12.0. The second-order valence-electron chi connectivity index (χ2n) is 8.90. The number of carbonyl (C=O) groups excluding carboxylic acids is 1. The van der Waals surface area contributed by atoms with E-state index in [4.69, 9.17) is 10.5 Å². The average Bonchev–Trinajstić information content (AvgIpc) is 2.94. The Kier molecular flexibility index (Phi) is 6.31. The molecule has 0 fully saturated rings. The summed E-state index contributed by atoms with van der Waals surface area (Å²) >= 11 is 1.71. The fraction of sp³-hybridized carbons (Fsp3) is 0.542. The Bertz CT molecular complexity index is 856. The van der Waals surface area contributed by atoms with Crippen molar-refractivity contribution >= 4 is 17.1 Å². The quantitative estimate of drug-likeness (QED) is 0.639. The summed E-state index contributed by atoms with van der Waals surface area (Å²) in [4.78, 5) is 15.4. The van der Waals surface area contributed by atoms with E-state index in [0.29, 0.717) is 30.8 Å². The van der Waals surface area contributed by atoms with Crippen molar-refractivity contribution in [3.05, 3.63) is 49.7 Å². The number of nitrogens with two attached hydrogens (primary N) is 1. The van der Waals surface area contributed by atoms with Gasteiger partial charge in [0.15, 0.2) is 5.78 Å². The minimum atomic E-state index is 0.299. The standard InChI is InChI=1S/C24H33NO2S/c1-15-12-18(13-16(2)22(15)27-11-10-25)6-7-21(26)23-19-8-9-24(4,5)14-20(19)17(3)28-23/h12-13H,6-11,14,25H2,1-5H3. The maximum Gasteiger partial charge on any atom is 0.173 e. The molecule has 1 aliphatic rings. The molecule has 0 aliphatic heterocycles. The number of fused-ring (bicyclic) bond motifs is 1. The molecule has 0 spiro atoms. The SMILES string of the molecule is Cc1cc(CCC(=O)c2sc(C)c3c2CCC(C)(C)C3)cc(C)c1OCCN. The number of ketones is 1. The second kappa shape index (κ2) is 8.38. The van der Waals surface area contributed by atoms with Crippen LogP contribution in [0.4, 0.5) is 0 Å². The van der Waals surface area contributed by atoms with E-state index in [-0.39, 0.29) is 0 Å². The van der Waals surface area contributed by atoms with Gasteiger partial charge < -0.3 is 10.5 Å². The van der Waals surface area contributed by atoms with Gasteiger partial charge in [-0.3, -0.25) is 4.79 Å². The van der Waals surface area contributed by atoms with Crippen molar-refractivity contribution in [1.29, 1.82) is 0 Å². The van der Waals surface area contributed by atoms with E-state index in [2.05, 4.69) is 46.8 Å². The van der Waals surface area contributed by atoms with Crippen molar-refractivity contribution in [3.8, 4) is 5.75 Å². The topological polar surface area (TPSA) is 52.3 Å². The van der Waals surface area contributed by atoms with Crippen LogP contribution in [0.15, 0.2) is 12.1 Å². The number of hydrogen-bond acceptors (Lipinski definition) is 4. The molecule has 4 heteroatoms. The molecule has 2 N–H and O–H groups in total. The minimum Gasteiger partial charge on any atom is -0.492 e. The molecule has 0 saturated heterocycles. The molecule has 2 aromatic rings. The number of rotatable bonds is 7. The van der Waals surface area contributed by atoms with Crippen LogP contribution < -0.4 is 10.5 Å². The molecule has 0 amide bonds. The maximum atomic E-state index is 13.0. The highest BCUT2D eigenvalue weighted by Crippen LogP contribution is 2.41. The smallest absolute Gasteiger partial charge is 0.173 e. The number of hydrogen-bond donors (Lipinski definition) is 1. The lowest BCUT2D eigenvalue weighted by atomic mass is 9.74. The number of thiophene rings is 1. The van der Waals surface area contributed by atoms with Crippen LogP contribution in [-0.2, 0) is 19.3 Å². The molecule has 0 atom stereocenters. The molecule has 0 radical (unpaired) electrons. The largest absolute Gasteiger partial charge is 0.492 e. The Morgan fingerprint density at radius 3 is 2.50 bits per heavy atom. The number of ether oxygens (including phenoxy) is 1. The van der Waals surface area contributed by atoms with Gasteiger partial charge in [-0.15, -0.1) is 11.3 Å². The zero-order valence-corrected chi connectivity index (χ0v) is 18.7. The van der Waals surface area contributed by atoms with Gasteiger partial charge in [0.2, 0.25) is 0 Å². The van der Waals surface area contributed by atoms with Crippen molar-refractivity contribution in [2.24, 2.45) is 11.1 Å². The van der Waals surface area contributed by atoms with E-state index in [1.807, 2.05) is 0 Å². The number of carbonyl (C=O) groups is 1. The Morgan fingerprint density at radius 2 is 1.86 bits per heavy atom. The molecule has 3 nitrogen and oxygen atoms in total. The van der Waals surface area contributed by atoms with Gasteiger partial charge in [-0.1, -0.05) is 26.0 Å². The van der Waals surface area contributed by atoms with Crippen molar-refractivity contribution in [2.45, 2.75) is 66.7 Å². The lowest BCUT2D eigenvalue weighted by Gasteiger charge is -2.30. The predicted molar refractivity (Wildman–Crippen MR) is 118 cm³/mol. The summed E-state index contributed by atoms with van der Waals surface area (Å²) in [5.41, 5.74) is 12.1. The normalized spacial score (nSPS) is 15.4. The van der Waals surface area contributed by atoms with E-state index in [1.165, 1.54) is 28.0 Å². The Balaban J connectivity index is 1.72. The van der Waals surface area contributed by atoms with E-state index < -0.39 is 0 Å². The second-order valence-corrected chi connectivity index (χ2v) is 10.1. The molecule has 152 valence electrons. The molecular formula is C24H33NO2S. The van der Waals surface area contributed by atoms with E-state index in [9.17, 15) is 4.79 Å². The van der Waals surface area contributed by atoms with Gasteiger partial charge in [0.25, 0.3) is 0 Å². The Morgan fingerprint density at radius 1 is 1.18 bits per heavy atom. The van der Waals surface area contributed by atoms with Crippen LogP contribution >= 0.6 is 11.3 Å². The molecule has 1 aromatic heterocycles. The predicted octanol–water partition coefficient (Wildman–Crippen LogP) is 5.34. The monoisotopic (exact) mass is 399 g/mol. The fourth-order valence-electron chi connectivity index (χ4n) is 4.32. The molecule has 1 heterocycles. The Labute approximate surface area is 173 Å². The van der Waals surface area contributed by atoms with Crippen molar-refractivity contribution in [2.75, 3.05) is 13.2 Å². The highest BCUT2D eigenvalue weighted by molar-refractivity contribution is 7.14. The summed E-state index contributed by atoms with van der Waals surface area (Å²) in [5, 5.41) is 0. The first-order chi connectivity index (χ1) is 13.2. The van der Waals surface area contributed by atoms with Crippen molar-refractivity contribution in [1.82, 2.24) is 0 Å². The molecule has 1 aromatic carbocycles. The third-order valence-electron chi connectivity index (χ3n) is 5.80. The summed E-state index contributed by atoms with van der Waals surface area (Å²) in [6.07, 6.45) is 4.64. The van der Waals surface area contributed by atoms with Crippen LogP contribution in [0.5, 0.6) is 5.75 Å². The summed E-state index contributed by atoms with van der Waals surface area (Å²) in [5.74, 6) is 1.22. The molecule has 0 unspecified atom stereocenters. The highest BCUT2D eigenvalue weighted by atomic mass is 32.1. The molecule has 0 saturated carbocycles. The summed E-state index contributed by atoms with van der Waals surface area (Å²) in [6, 6.07) is 4.29. The summed E-state index contributed by atoms with van der Waals surface area (Å²) < 4.78 is 5.76. The zero-order chi connectivity index (χ0) is 20.5. The number of benzene rings is 1.